The Bertz CT molecular complexity index is 655. The van der Waals surface area contributed by atoms with Crippen LogP contribution in [0.2, 0.25) is 0 Å². The molecule has 1 aromatic heterocycles. The quantitative estimate of drug-likeness (QED) is 0.848. The lowest BCUT2D eigenvalue weighted by molar-refractivity contribution is 0.410. The highest BCUT2D eigenvalue weighted by atomic mass is 32.1. The van der Waals surface area contributed by atoms with Crippen LogP contribution in [0.1, 0.15) is 5.56 Å². The van der Waals surface area contributed by atoms with Gasteiger partial charge < -0.3 is 9.72 Å². The minimum absolute atomic E-state index is 0.145. The van der Waals surface area contributed by atoms with Gasteiger partial charge >= 0.3 is 0 Å². The van der Waals surface area contributed by atoms with Crippen molar-refractivity contribution in [2.24, 2.45) is 0 Å². The monoisotopic (exact) mass is 268 g/mol. The Morgan fingerprint density at radius 2 is 2.06 bits per heavy atom. The molecule has 0 unspecified atom stereocenters. The van der Waals surface area contributed by atoms with Crippen LogP contribution in [0.25, 0.3) is 11.3 Å². The van der Waals surface area contributed by atoms with Gasteiger partial charge in [0.1, 0.15) is 11.6 Å². The average molecular weight is 268 g/mol. The van der Waals surface area contributed by atoms with Crippen LogP contribution in [0.15, 0.2) is 18.5 Å². The molecular weight excluding hydrogens is 258 g/mol. The second-order valence-electron chi connectivity index (χ2n) is 3.67. The first kappa shape index (κ1) is 12.6. The largest absolute Gasteiger partial charge is 0.491 e. The minimum atomic E-state index is -0.687. The number of nitrogens with zero attached hydrogens (tertiary/aromatic N) is 1. The summed E-state index contributed by atoms with van der Waals surface area (Å²) in [5.41, 5.74) is 0.293. The van der Waals surface area contributed by atoms with Gasteiger partial charge in [-0.1, -0.05) is 18.3 Å². The van der Waals surface area contributed by atoms with Crippen LogP contribution < -0.4 is 4.74 Å². The molecule has 0 saturated heterocycles. The zero-order valence-corrected chi connectivity index (χ0v) is 10.6. The maximum atomic E-state index is 14.0. The van der Waals surface area contributed by atoms with Crippen LogP contribution in [-0.2, 0) is 0 Å². The Morgan fingerprint density at radius 1 is 1.33 bits per heavy atom. The van der Waals surface area contributed by atoms with Gasteiger partial charge in [0.15, 0.2) is 10.4 Å². The normalized spacial score (nSPS) is 10.4. The summed E-state index contributed by atoms with van der Waals surface area (Å²) >= 11 is 4.96. The molecule has 0 fully saturated rings. The van der Waals surface area contributed by atoms with E-state index < -0.39 is 11.6 Å². The van der Waals surface area contributed by atoms with E-state index >= 15 is 0 Å². The Morgan fingerprint density at radius 3 is 2.72 bits per heavy atom. The van der Waals surface area contributed by atoms with Crippen LogP contribution in [0.3, 0.4) is 0 Å². The fourth-order valence-electron chi connectivity index (χ4n) is 1.65. The lowest BCUT2D eigenvalue weighted by Crippen LogP contribution is -1.99. The number of halogens is 2. The van der Waals surface area contributed by atoms with E-state index in [1.54, 1.807) is 6.92 Å². The van der Waals surface area contributed by atoms with Crippen molar-refractivity contribution < 1.29 is 13.5 Å². The standard InChI is InChI=1S/C12H10F2N2OS/c1-6-3-4-7(13)8(9(6)14)10-11(17-2)12(18)16-5-15-10/h3-5H,1-2H3,(H,15,16,18). The second kappa shape index (κ2) is 4.81. The van der Waals surface area contributed by atoms with E-state index in [4.69, 9.17) is 17.0 Å². The van der Waals surface area contributed by atoms with Gasteiger partial charge in [-0.25, -0.2) is 13.8 Å². The topological polar surface area (TPSA) is 37.9 Å². The van der Waals surface area contributed by atoms with Gasteiger partial charge in [0.25, 0.3) is 0 Å². The third-order valence-corrected chi connectivity index (χ3v) is 2.84. The summed E-state index contributed by atoms with van der Waals surface area (Å²) < 4.78 is 33.0. The lowest BCUT2D eigenvalue weighted by atomic mass is 10.1. The number of benzene rings is 1. The third-order valence-electron chi connectivity index (χ3n) is 2.55. The van der Waals surface area contributed by atoms with Crippen molar-refractivity contribution >= 4 is 12.2 Å². The Kier molecular flexibility index (Phi) is 3.38. The Balaban J connectivity index is 2.81. The van der Waals surface area contributed by atoms with Crippen molar-refractivity contribution in [3.05, 3.63) is 40.3 Å². The number of aromatic amines is 1. The van der Waals surface area contributed by atoms with Crippen molar-refractivity contribution in [3.8, 4) is 17.0 Å². The number of aromatic nitrogens is 2. The molecule has 2 rings (SSSR count). The zero-order valence-electron chi connectivity index (χ0n) is 9.75. The number of hydrogen-bond donors (Lipinski definition) is 1. The molecule has 0 amide bonds. The van der Waals surface area contributed by atoms with E-state index in [1.165, 1.54) is 25.6 Å². The number of H-pyrrole nitrogens is 1. The summed E-state index contributed by atoms with van der Waals surface area (Å²) in [7, 11) is 1.37. The first-order valence-corrected chi connectivity index (χ1v) is 5.53. The summed E-state index contributed by atoms with van der Waals surface area (Å²) in [6, 6.07) is 2.57. The second-order valence-corrected chi connectivity index (χ2v) is 4.06. The maximum Gasteiger partial charge on any atom is 0.179 e. The molecule has 0 atom stereocenters. The van der Waals surface area contributed by atoms with Gasteiger partial charge in [0, 0.05) is 0 Å². The summed E-state index contributed by atoms with van der Waals surface area (Å²) in [5, 5.41) is 0. The van der Waals surface area contributed by atoms with Gasteiger partial charge in [-0.3, -0.25) is 0 Å². The molecule has 6 heteroatoms. The van der Waals surface area contributed by atoms with Crippen LogP contribution >= 0.6 is 12.2 Å². The van der Waals surface area contributed by atoms with Crippen molar-refractivity contribution in [1.82, 2.24) is 9.97 Å². The highest BCUT2D eigenvalue weighted by Crippen LogP contribution is 2.32. The molecule has 2 aromatic rings. The Labute approximate surface area is 107 Å². The summed E-state index contributed by atoms with van der Waals surface area (Å²) in [6.45, 7) is 1.56. The molecule has 0 aliphatic carbocycles. The predicted octanol–water partition coefficient (Wildman–Crippen LogP) is 3.40. The first-order valence-electron chi connectivity index (χ1n) is 5.13. The van der Waals surface area contributed by atoms with E-state index in [0.29, 0.717) is 5.56 Å². The molecule has 18 heavy (non-hydrogen) atoms. The molecule has 0 spiro atoms. The molecule has 94 valence electrons. The summed E-state index contributed by atoms with van der Waals surface area (Å²) in [4.78, 5) is 6.48. The third kappa shape index (κ3) is 1.99. The van der Waals surface area contributed by atoms with Crippen LogP contribution in [0.5, 0.6) is 5.75 Å². The highest BCUT2D eigenvalue weighted by molar-refractivity contribution is 7.71. The zero-order chi connectivity index (χ0) is 13.3. The van der Waals surface area contributed by atoms with Gasteiger partial charge in [0.05, 0.1) is 24.7 Å². The number of hydrogen-bond acceptors (Lipinski definition) is 3. The fourth-order valence-corrected chi connectivity index (χ4v) is 1.89. The minimum Gasteiger partial charge on any atom is -0.491 e. The summed E-state index contributed by atoms with van der Waals surface area (Å²) in [5.74, 6) is -1.19. The number of rotatable bonds is 2. The average Bonchev–Trinajstić information content (AvgIpc) is 2.35. The molecule has 0 aliphatic heterocycles. The first-order chi connectivity index (χ1) is 8.56. The van der Waals surface area contributed by atoms with Crippen LogP contribution in [0, 0.1) is 23.2 Å². The van der Waals surface area contributed by atoms with Crippen LogP contribution in [0.4, 0.5) is 8.78 Å². The SMILES string of the molecule is COc1c(-c2c(F)ccc(C)c2F)[nH]cnc1=S. The molecule has 0 saturated carbocycles. The van der Waals surface area contributed by atoms with Gasteiger partial charge in [-0.15, -0.1) is 0 Å². The number of nitrogens with one attached hydrogen (secondary N) is 1. The molecular formula is C12H10F2N2OS. The predicted molar refractivity (Wildman–Crippen MR) is 66.1 cm³/mol. The molecule has 1 heterocycles. The van der Waals surface area contributed by atoms with E-state index in [-0.39, 0.29) is 21.6 Å². The smallest absolute Gasteiger partial charge is 0.179 e. The lowest BCUT2D eigenvalue weighted by Gasteiger charge is -2.11. The molecule has 0 aliphatic rings. The van der Waals surface area contributed by atoms with Crippen molar-refractivity contribution in [2.75, 3.05) is 7.11 Å². The van der Waals surface area contributed by atoms with Crippen molar-refractivity contribution in [1.29, 1.82) is 0 Å². The van der Waals surface area contributed by atoms with Gasteiger partial charge in [-0.2, -0.15) is 0 Å². The molecule has 1 N–H and O–H groups in total. The van der Waals surface area contributed by atoms with Gasteiger partial charge in [-0.05, 0) is 18.6 Å². The van der Waals surface area contributed by atoms with E-state index in [9.17, 15) is 8.78 Å². The number of aryl methyl sites for hydroxylation is 1. The molecule has 3 nitrogen and oxygen atoms in total. The summed E-state index contributed by atoms with van der Waals surface area (Å²) in [6.07, 6.45) is 1.28. The fraction of sp³-hybridized carbons (Fsp3) is 0.167. The van der Waals surface area contributed by atoms with Crippen molar-refractivity contribution in [3.63, 3.8) is 0 Å². The van der Waals surface area contributed by atoms with Crippen molar-refractivity contribution in [2.45, 2.75) is 6.92 Å². The molecule has 0 bridgehead atoms. The van der Waals surface area contributed by atoms with Crippen LogP contribution in [-0.4, -0.2) is 17.1 Å². The molecule has 1 aromatic carbocycles. The number of ether oxygens (including phenoxy) is 1. The van der Waals surface area contributed by atoms with Gasteiger partial charge in [0.2, 0.25) is 0 Å². The maximum absolute atomic E-state index is 14.0. The highest BCUT2D eigenvalue weighted by Gasteiger charge is 2.18. The number of methoxy groups -OCH3 is 1. The van der Waals surface area contributed by atoms with E-state index in [2.05, 4.69) is 9.97 Å². The molecule has 0 radical (unpaired) electrons. The van der Waals surface area contributed by atoms with E-state index in [1.807, 2.05) is 0 Å². The Hall–Kier alpha value is -1.82. The van der Waals surface area contributed by atoms with E-state index in [0.717, 1.165) is 0 Å².